The first-order valence-corrected chi connectivity index (χ1v) is 10.2. The van der Waals surface area contributed by atoms with E-state index >= 15 is 0 Å². The van der Waals surface area contributed by atoms with Crippen LogP contribution in [-0.4, -0.2) is 23.7 Å². The molecule has 170 valence electrons. The Kier molecular flexibility index (Phi) is 7.93. The van der Waals surface area contributed by atoms with Crippen molar-refractivity contribution >= 4 is 29.4 Å². The topological polar surface area (TPSA) is 103 Å². The summed E-state index contributed by atoms with van der Waals surface area (Å²) in [5, 5.41) is 14.9. The summed E-state index contributed by atoms with van der Waals surface area (Å²) in [5.74, 6) is -0.253. The third-order valence-electron chi connectivity index (χ3n) is 4.35. The highest BCUT2D eigenvalue weighted by atomic mass is 35.5. The molecule has 0 bridgehead atoms. The van der Waals surface area contributed by atoms with Crippen LogP contribution in [0.5, 0.6) is 11.5 Å². The van der Waals surface area contributed by atoms with Crippen molar-refractivity contribution in [2.45, 2.75) is 13.5 Å². The van der Waals surface area contributed by atoms with E-state index in [9.17, 15) is 19.3 Å². The van der Waals surface area contributed by atoms with E-state index in [0.717, 1.165) is 0 Å². The number of carbonyl (C=O) groups excluding carboxylic acids is 1. The number of nitro groups is 1. The van der Waals surface area contributed by atoms with Crippen molar-refractivity contribution < 1.29 is 23.6 Å². The summed E-state index contributed by atoms with van der Waals surface area (Å²) in [6.07, 6.45) is 1.38. The predicted molar refractivity (Wildman–Crippen MR) is 122 cm³/mol. The number of amides is 1. The summed E-state index contributed by atoms with van der Waals surface area (Å²) in [5.41, 5.74) is 3.87. The van der Waals surface area contributed by atoms with E-state index in [1.54, 1.807) is 31.2 Å². The molecule has 10 heteroatoms. The van der Waals surface area contributed by atoms with Gasteiger partial charge in [0.15, 0.2) is 11.5 Å². The van der Waals surface area contributed by atoms with E-state index in [-0.39, 0.29) is 22.9 Å². The number of nitrogens with zero attached hydrogens (tertiary/aromatic N) is 2. The van der Waals surface area contributed by atoms with Gasteiger partial charge in [0, 0.05) is 17.7 Å². The zero-order chi connectivity index (χ0) is 23.8. The van der Waals surface area contributed by atoms with Crippen molar-refractivity contribution in [3.05, 3.63) is 98.3 Å². The summed E-state index contributed by atoms with van der Waals surface area (Å²) in [6.45, 7) is 2.28. The van der Waals surface area contributed by atoms with Gasteiger partial charge in [-0.05, 0) is 66.6 Å². The molecule has 0 unspecified atom stereocenters. The zero-order valence-corrected chi connectivity index (χ0v) is 18.2. The fourth-order valence-electron chi connectivity index (χ4n) is 2.77. The molecule has 0 aliphatic rings. The van der Waals surface area contributed by atoms with Crippen LogP contribution in [0, 0.1) is 15.9 Å². The molecule has 1 N–H and O–H groups in total. The van der Waals surface area contributed by atoms with Crippen molar-refractivity contribution in [3.8, 4) is 11.5 Å². The third kappa shape index (κ3) is 6.50. The fraction of sp³-hybridized carbons (Fsp3) is 0.130. The van der Waals surface area contributed by atoms with Crippen LogP contribution in [0.3, 0.4) is 0 Å². The number of hydrogen-bond donors (Lipinski definition) is 1. The molecule has 3 rings (SSSR count). The summed E-state index contributed by atoms with van der Waals surface area (Å²) in [4.78, 5) is 22.4. The van der Waals surface area contributed by atoms with Crippen molar-refractivity contribution in [1.82, 2.24) is 5.43 Å². The maximum absolute atomic E-state index is 13.0. The Bertz CT molecular complexity index is 1170. The molecule has 0 spiro atoms. The molecular weight excluding hydrogens is 453 g/mol. The van der Waals surface area contributed by atoms with E-state index in [2.05, 4.69) is 10.5 Å². The van der Waals surface area contributed by atoms with E-state index < -0.39 is 16.6 Å². The van der Waals surface area contributed by atoms with E-state index in [1.165, 1.54) is 42.6 Å². The first-order valence-electron chi connectivity index (χ1n) is 9.79. The molecule has 3 aromatic rings. The lowest BCUT2D eigenvalue weighted by Gasteiger charge is -2.14. The predicted octanol–water partition coefficient (Wildman–Crippen LogP) is 5.13. The van der Waals surface area contributed by atoms with Crippen LogP contribution in [-0.2, 0) is 6.61 Å². The number of carbonyl (C=O) groups is 1. The number of nitrogens with one attached hydrogen (secondary N) is 1. The van der Waals surface area contributed by atoms with Crippen LogP contribution < -0.4 is 14.9 Å². The molecule has 0 aliphatic heterocycles. The van der Waals surface area contributed by atoms with Gasteiger partial charge in [0.05, 0.1) is 22.8 Å². The summed E-state index contributed by atoms with van der Waals surface area (Å²) >= 11 is 6.38. The van der Waals surface area contributed by atoms with Crippen molar-refractivity contribution in [3.63, 3.8) is 0 Å². The smallest absolute Gasteiger partial charge is 0.271 e. The van der Waals surface area contributed by atoms with Gasteiger partial charge in [-0.1, -0.05) is 11.6 Å². The maximum atomic E-state index is 13.0. The summed E-state index contributed by atoms with van der Waals surface area (Å²) in [7, 11) is 0. The van der Waals surface area contributed by atoms with E-state index in [0.29, 0.717) is 29.2 Å². The minimum atomic E-state index is -0.495. The van der Waals surface area contributed by atoms with Gasteiger partial charge in [0.1, 0.15) is 12.4 Å². The Hall–Kier alpha value is -3.98. The maximum Gasteiger partial charge on any atom is 0.271 e. The van der Waals surface area contributed by atoms with Crippen molar-refractivity contribution in [1.29, 1.82) is 0 Å². The quantitative estimate of drug-likeness (QED) is 0.265. The Morgan fingerprint density at radius 2 is 1.85 bits per heavy atom. The lowest BCUT2D eigenvalue weighted by Crippen LogP contribution is -2.17. The monoisotopic (exact) mass is 471 g/mol. The molecule has 1 amide bonds. The third-order valence-corrected chi connectivity index (χ3v) is 4.63. The second-order valence-electron chi connectivity index (χ2n) is 6.68. The van der Waals surface area contributed by atoms with Gasteiger partial charge in [0.2, 0.25) is 0 Å². The normalized spacial score (nSPS) is 10.8. The first kappa shape index (κ1) is 23.7. The number of rotatable bonds is 9. The molecule has 0 fully saturated rings. The van der Waals surface area contributed by atoms with E-state index in [4.69, 9.17) is 21.1 Å². The van der Waals surface area contributed by atoms with Crippen LogP contribution in [0.1, 0.15) is 28.4 Å². The molecule has 8 nitrogen and oxygen atoms in total. The zero-order valence-electron chi connectivity index (χ0n) is 17.5. The molecule has 0 saturated carbocycles. The van der Waals surface area contributed by atoms with Gasteiger partial charge in [-0.3, -0.25) is 14.9 Å². The van der Waals surface area contributed by atoms with Crippen LogP contribution in [0.2, 0.25) is 5.02 Å². The average Bonchev–Trinajstić information content (AvgIpc) is 2.79. The molecule has 0 saturated heterocycles. The number of nitro benzene ring substituents is 1. The van der Waals surface area contributed by atoms with Gasteiger partial charge in [0.25, 0.3) is 11.6 Å². The number of halogens is 2. The van der Waals surface area contributed by atoms with Crippen LogP contribution >= 0.6 is 11.6 Å². The van der Waals surface area contributed by atoms with Gasteiger partial charge in [-0.2, -0.15) is 5.10 Å². The highest BCUT2D eigenvalue weighted by molar-refractivity contribution is 6.32. The molecule has 33 heavy (non-hydrogen) atoms. The molecule has 0 heterocycles. The Morgan fingerprint density at radius 1 is 1.15 bits per heavy atom. The number of benzene rings is 3. The van der Waals surface area contributed by atoms with E-state index in [1.807, 2.05) is 0 Å². The first-order chi connectivity index (χ1) is 15.9. The van der Waals surface area contributed by atoms with Gasteiger partial charge < -0.3 is 9.47 Å². The largest absolute Gasteiger partial charge is 0.490 e. The molecule has 0 radical (unpaired) electrons. The average molecular weight is 472 g/mol. The van der Waals surface area contributed by atoms with Crippen molar-refractivity contribution in [2.24, 2.45) is 5.10 Å². The Morgan fingerprint density at radius 3 is 2.48 bits per heavy atom. The SMILES string of the molecule is CCOc1cc(/C=N\NC(=O)c2ccc(F)cc2)cc(Cl)c1OCc1ccc([N+](=O)[O-])cc1. The lowest BCUT2D eigenvalue weighted by molar-refractivity contribution is -0.384. The summed E-state index contributed by atoms with van der Waals surface area (Å²) < 4.78 is 24.4. The van der Waals surface area contributed by atoms with Crippen LogP contribution in [0.15, 0.2) is 65.8 Å². The summed E-state index contributed by atoms with van der Waals surface area (Å²) in [6, 6.07) is 14.3. The van der Waals surface area contributed by atoms with Crippen molar-refractivity contribution in [2.75, 3.05) is 6.61 Å². The Balaban J connectivity index is 1.70. The number of hydrazone groups is 1. The molecular formula is C23H19ClFN3O5. The van der Waals surface area contributed by atoms with Gasteiger partial charge in [-0.25, -0.2) is 9.82 Å². The molecule has 3 aromatic carbocycles. The van der Waals surface area contributed by atoms with Crippen LogP contribution in [0.4, 0.5) is 10.1 Å². The van der Waals surface area contributed by atoms with Gasteiger partial charge in [-0.15, -0.1) is 0 Å². The standard InChI is InChI=1S/C23H19ClFN3O5/c1-2-32-21-12-16(13-26-27-23(29)17-5-7-18(25)8-6-17)11-20(24)22(21)33-14-15-3-9-19(10-4-15)28(30)31/h3-13H,2,14H2,1H3,(H,27,29)/b26-13-. The number of ether oxygens (including phenoxy) is 2. The lowest BCUT2D eigenvalue weighted by atomic mass is 10.2. The number of non-ortho nitro benzene ring substituents is 1. The highest BCUT2D eigenvalue weighted by Gasteiger charge is 2.13. The second kappa shape index (κ2) is 11.1. The molecule has 0 atom stereocenters. The molecule has 0 aromatic heterocycles. The minimum absolute atomic E-state index is 0.0121. The number of hydrogen-bond acceptors (Lipinski definition) is 6. The van der Waals surface area contributed by atoms with Crippen LogP contribution in [0.25, 0.3) is 0 Å². The van der Waals surface area contributed by atoms with Gasteiger partial charge >= 0.3 is 0 Å². The Labute approximate surface area is 193 Å². The fourth-order valence-corrected chi connectivity index (χ4v) is 3.04. The highest BCUT2D eigenvalue weighted by Crippen LogP contribution is 2.37. The second-order valence-corrected chi connectivity index (χ2v) is 7.09. The molecule has 0 aliphatic carbocycles. The minimum Gasteiger partial charge on any atom is -0.490 e.